The average Bonchev–Trinajstić information content (AvgIpc) is 2.61. The van der Waals surface area contributed by atoms with Gasteiger partial charge in [0.25, 0.3) is 10.0 Å². The molecule has 8 heteroatoms. The number of methoxy groups -OCH3 is 3. The molecule has 0 unspecified atom stereocenters. The minimum Gasteiger partial charge on any atom is -0.496 e. The Labute approximate surface area is 165 Å². The SMILES string of the molecule is COc1cc(NS(=O)(=O)c2cc(C(C)C)c(OC)cc2C)c(OC)cc1Cl. The smallest absolute Gasteiger partial charge is 0.262 e. The summed E-state index contributed by atoms with van der Waals surface area (Å²) >= 11 is 6.09. The fourth-order valence-electron chi connectivity index (χ4n) is 2.73. The predicted molar refractivity (Wildman–Crippen MR) is 107 cm³/mol. The van der Waals surface area contributed by atoms with Crippen LogP contribution in [0.4, 0.5) is 5.69 Å². The summed E-state index contributed by atoms with van der Waals surface area (Å²) in [6.45, 7) is 5.68. The molecule has 148 valence electrons. The van der Waals surface area contributed by atoms with Gasteiger partial charge < -0.3 is 14.2 Å². The van der Waals surface area contributed by atoms with Crippen molar-refractivity contribution in [2.45, 2.75) is 31.6 Å². The highest BCUT2D eigenvalue weighted by molar-refractivity contribution is 7.92. The molecule has 2 aromatic rings. The molecule has 0 aliphatic rings. The maximum atomic E-state index is 13.1. The van der Waals surface area contributed by atoms with E-state index in [9.17, 15) is 8.42 Å². The van der Waals surface area contributed by atoms with Crippen LogP contribution in [0.15, 0.2) is 29.2 Å². The van der Waals surface area contributed by atoms with E-state index in [0.717, 1.165) is 5.56 Å². The number of aryl methyl sites for hydroxylation is 1. The largest absolute Gasteiger partial charge is 0.496 e. The molecule has 0 fully saturated rings. The Hall–Kier alpha value is -2.12. The van der Waals surface area contributed by atoms with Gasteiger partial charge in [-0.3, -0.25) is 4.72 Å². The summed E-state index contributed by atoms with van der Waals surface area (Å²) in [4.78, 5) is 0.169. The number of ether oxygens (including phenoxy) is 3. The van der Waals surface area contributed by atoms with Crippen LogP contribution < -0.4 is 18.9 Å². The highest BCUT2D eigenvalue weighted by Gasteiger charge is 2.23. The molecule has 0 bridgehead atoms. The van der Waals surface area contributed by atoms with Crippen molar-refractivity contribution >= 4 is 27.3 Å². The molecule has 2 aromatic carbocycles. The van der Waals surface area contributed by atoms with Crippen molar-refractivity contribution in [3.63, 3.8) is 0 Å². The molecule has 0 aliphatic carbocycles. The monoisotopic (exact) mass is 413 g/mol. The maximum Gasteiger partial charge on any atom is 0.262 e. The van der Waals surface area contributed by atoms with Crippen molar-refractivity contribution in [2.75, 3.05) is 26.1 Å². The van der Waals surface area contributed by atoms with E-state index in [1.54, 1.807) is 26.2 Å². The standard InChI is InChI=1S/C19H24ClNO5S/c1-11(2)13-8-19(12(3)7-16(13)24-4)27(22,23)21-15-10-17(25-5)14(20)9-18(15)26-6/h7-11,21H,1-6H3. The van der Waals surface area contributed by atoms with E-state index in [1.807, 2.05) is 13.8 Å². The van der Waals surface area contributed by atoms with Gasteiger partial charge in [0, 0.05) is 12.1 Å². The van der Waals surface area contributed by atoms with Crippen LogP contribution in [-0.2, 0) is 10.0 Å². The van der Waals surface area contributed by atoms with Crippen LogP contribution in [0.5, 0.6) is 17.2 Å². The number of anilines is 1. The van der Waals surface area contributed by atoms with Gasteiger partial charge in [0.05, 0.1) is 36.9 Å². The third kappa shape index (κ3) is 4.42. The number of benzene rings is 2. The fourth-order valence-corrected chi connectivity index (χ4v) is 4.29. The van der Waals surface area contributed by atoms with Crippen LogP contribution in [0.2, 0.25) is 5.02 Å². The van der Waals surface area contributed by atoms with E-state index < -0.39 is 10.0 Å². The summed E-state index contributed by atoms with van der Waals surface area (Å²) in [6.07, 6.45) is 0. The third-order valence-electron chi connectivity index (χ3n) is 4.16. The molecule has 2 rings (SSSR count). The molecule has 0 radical (unpaired) electrons. The molecule has 27 heavy (non-hydrogen) atoms. The lowest BCUT2D eigenvalue weighted by Crippen LogP contribution is -2.16. The van der Waals surface area contributed by atoms with Gasteiger partial charge in [-0.2, -0.15) is 0 Å². The lowest BCUT2D eigenvalue weighted by Gasteiger charge is -2.18. The van der Waals surface area contributed by atoms with Gasteiger partial charge in [-0.25, -0.2) is 8.42 Å². The van der Waals surface area contributed by atoms with E-state index in [4.69, 9.17) is 25.8 Å². The molecule has 0 aromatic heterocycles. The minimum atomic E-state index is -3.88. The summed E-state index contributed by atoms with van der Waals surface area (Å²) < 4.78 is 44.5. The zero-order chi connectivity index (χ0) is 20.4. The second kappa shape index (κ2) is 8.27. The van der Waals surface area contributed by atoms with Crippen molar-refractivity contribution < 1.29 is 22.6 Å². The first-order valence-electron chi connectivity index (χ1n) is 8.27. The molecule has 0 amide bonds. The van der Waals surface area contributed by atoms with E-state index in [1.165, 1.54) is 26.4 Å². The fraction of sp³-hybridized carbons (Fsp3) is 0.368. The van der Waals surface area contributed by atoms with E-state index >= 15 is 0 Å². The third-order valence-corrected chi connectivity index (χ3v) is 5.96. The van der Waals surface area contributed by atoms with Crippen LogP contribution in [0.1, 0.15) is 30.9 Å². The zero-order valence-corrected chi connectivity index (χ0v) is 17.8. The Morgan fingerprint density at radius 1 is 0.926 bits per heavy atom. The van der Waals surface area contributed by atoms with E-state index in [-0.39, 0.29) is 16.5 Å². The lowest BCUT2D eigenvalue weighted by atomic mass is 10.0. The summed E-state index contributed by atoms with van der Waals surface area (Å²) in [5.41, 5.74) is 1.62. The normalized spacial score (nSPS) is 11.4. The number of nitrogens with one attached hydrogen (secondary N) is 1. The molecule has 0 aliphatic heterocycles. The zero-order valence-electron chi connectivity index (χ0n) is 16.2. The number of halogens is 1. The molecule has 6 nitrogen and oxygen atoms in total. The first kappa shape index (κ1) is 21.2. The van der Waals surface area contributed by atoms with Gasteiger partial charge in [0.15, 0.2) is 0 Å². The van der Waals surface area contributed by atoms with Gasteiger partial charge in [-0.1, -0.05) is 25.4 Å². The average molecular weight is 414 g/mol. The molecule has 1 N–H and O–H groups in total. The van der Waals surface area contributed by atoms with Crippen molar-refractivity contribution in [3.05, 3.63) is 40.4 Å². The van der Waals surface area contributed by atoms with Crippen molar-refractivity contribution in [1.29, 1.82) is 0 Å². The van der Waals surface area contributed by atoms with Crippen LogP contribution in [0, 0.1) is 6.92 Å². The van der Waals surface area contributed by atoms with Gasteiger partial charge in [0.1, 0.15) is 17.2 Å². The van der Waals surface area contributed by atoms with E-state index in [0.29, 0.717) is 27.8 Å². The van der Waals surface area contributed by atoms with Gasteiger partial charge >= 0.3 is 0 Å². The van der Waals surface area contributed by atoms with Crippen molar-refractivity contribution in [1.82, 2.24) is 0 Å². The number of sulfonamides is 1. The van der Waals surface area contributed by atoms with Crippen molar-refractivity contribution in [2.24, 2.45) is 0 Å². The molecule has 0 saturated heterocycles. The highest BCUT2D eigenvalue weighted by Crippen LogP contribution is 2.38. The first-order valence-corrected chi connectivity index (χ1v) is 10.1. The summed E-state index contributed by atoms with van der Waals surface area (Å²) in [6, 6.07) is 6.35. The van der Waals surface area contributed by atoms with Gasteiger partial charge in [-0.15, -0.1) is 0 Å². The lowest BCUT2D eigenvalue weighted by molar-refractivity contribution is 0.405. The number of hydrogen-bond acceptors (Lipinski definition) is 5. The van der Waals surface area contributed by atoms with Crippen molar-refractivity contribution in [3.8, 4) is 17.2 Å². The predicted octanol–water partition coefficient (Wildman–Crippen LogP) is 4.60. The quantitative estimate of drug-likeness (QED) is 0.718. The van der Waals surface area contributed by atoms with E-state index in [2.05, 4.69) is 4.72 Å². The van der Waals surface area contributed by atoms with Gasteiger partial charge in [-0.05, 0) is 36.1 Å². The highest BCUT2D eigenvalue weighted by atomic mass is 35.5. The molecule has 0 spiro atoms. The summed E-state index contributed by atoms with van der Waals surface area (Å²) in [5, 5.41) is 0.319. The second-order valence-corrected chi connectivity index (χ2v) is 8.36. The van der Waals surface area contributed by atoms with Crippen LogP contribution in [0.3, 0.4) is 0 Å². The molecular formula is C19H24ClNO5S. The maximum absolute atomic E-state index is 13.1. The van der Waals surface area contributed by atoms with Gasteiger partial charge in [0.2, 0.25) is 0 Å². The molecule has 0 saturated carbocycles. The number of rotatable bonds is 7. The van der Waals surface area contributed by atoms with Crippen LogP contribution in [0.25, 0.3) is 0 Å². The molecular weight excluding hydrogens is 390 g/mol. The minimum absolute atomic E-state index is 0.0969. The van der Waals surface area contributed by atoms with Crippen LogP contribution in [-0.4, -0.2) is 29.7 Å². The molecule has 0 heterocycles. The summed E-state index contributed by atoms with van der Waals surface area (Å²) in [5.74, 6) is 1.39. The van der Waals surface area contributed by atoms with Crippen LogP contribution >= 0.6 is 11.6 Å². The first-order chi connectivity index (χ1) is 12.6. The Bertz CT molecular complexity index is 942. The Balaban J connectivity index is 2.56. The molecule has 0 atom stereocenters. The second-order valence-electron chi connectivity index (χ2n) is 6.31. The number of hydrogen-bond donors (Lipinski definition) is 1. The summed E-state index contributed by atoms with van der Waals surface area (Å²) in [7, 11) is 0.577. The Morgan fingerprint density at radius 2 is 1.52 bits per heavy atom. The Kier molecular flexibility index (Phi) is 6.49. The Morgan fingerprint density at radius 3 is 2.04 bits per heavy atom. The topological polar surface area (TPSA) is 73.9 Å².